The summed E-state index contributed by atoms with van der Waals surface area (Å²) in [6.45, 7) is 1.88. The zero-order chi connectivity index (χ0) is 19.4. The number of nitrogens with zero attached hydrogens (tertiary/aromatic N) is 2. The Bertz CT molecular complexity index is 1040. The maximum absolute atomic E-state index is 12.9. The number of halogens is 2. The van der Waals surface area contributed by atoms with Crippen molar-refractivity contribution in [2.75, 3.05) is 11.1 Å². The van der Waals surface area contributed by atoms with Crippen molar-refractivity contribution in [1.82, 2.24) is 9.55 Å². The third-order valence-corrected chi connectivity index (χ3v) is 5.08. The number of thioether (sulfide) groups is 1. The largest absolute Gasteiger partial charge is 0.325 e. The van der Waals surface area contributed by atoms with E-state index in [1.807, 2.05) is 13.0 Å². The number of anilines is 1. The molecule has 0 atom stereocenters. The lowest BCUT2D eigenvalue weighted by atomic mass is 10.2. The molecule has 8 heteroatoms. The van der Waals surface area contributed by atoms with Crippen molar-refractivity contribution in [2.45, 2.75) is 11.9 Å². The van der Waals surface area contributed by atoms with Crippen LogP contribution in [0.5, 0.6) is 0 Å². The number of hydrogen-bond acceptors (Lipinski definition) is 4. The van der Waals surface area contributed by atoms with Gasteiger partial charge in [0.25, 0.3) is 5.56 Å². The van der Waals surface area contributed by atoms with Gasteiger partial charge in [0.15, 0.2) is 5.03 Å². The summed E-state index contributed by atoms with van der Waals surface area (Å²) in [5, 5.41) is 3.40. The van der Waals surface area contributed by atoms with E-state index in [1.165, 1.54) is 35.0 Å². The Morgan fingerprint density at radius 2 is 2.00 bits per heavy atom. The van der Waals surface area contributed by atoms with E-state index in [-0.39, 0.29) is 28.1 Å². The summed E-state index contributed by atoms with van der Waals surface area (Å²) in [6.07, 6.45) is 3.04. The molecule has 3 aromatic rings. The van der Waals surface area contributed by atoms with E-state index in [0.717, 1.165) is 17.3 Å². The van der Waals surface area contributed by atoms with Gasteiger partial charge in [-0.1, -0.05) is 29.4 Å². The first-order chi connectivity index (χ1) is 12.9. The zero-order valence-electron chi connectivity index (χ0n) is 14.3. The molecule has 1 N–H and O–H groups in total. The van der Waals surface area contributed by atoms with E-state index >= 15 is 0 Å². The minimum Gasteiger partial charge on any atom is -0.325 e. The van der Waals surface area contributed by atoms with E-state index < -0.39 is 0 Å². The quantitative estimate of drug-likeness (QED) is 0.652. The first-order valence-corrected chi connectivity index (χ1v) is 9.33. The number of rotatable bonds is 5. The molecule has 0 aliphatic carbocycles. The van der Waals surface area contributed by atoms with Crippen LogP contribution in [0.15, 0.2) is 64.7 Å². The lowest BCUT2D eigenvalue weighted by Crippen LogP contribution is -2.22. The number of amides is 1. The normalized spacial score (nSPS) is 10.6. The molecule has 2 aromatic carbocycles. The van der Waals surface area contributed by atoms with Crippen LogP contribution in [-0.2, 0) is 4.79 Å². The number of hydrogen-bond donors (Lipinski definition) is 1. The van der Waals surface area contributed by atoms with Gasteiger partial charge in [0.05, 0.1) is 11.4 Å². The second-order valence-electron chi connectivity index (χ2n) is 5.68. The van der Waals surface area contributed by atoms with E-state index in [9.17, 15) is 14.0 Å². The van der Waals surface area contributed by atoms with Gasteiger partial charge in [-0.05, 0) is 48.9 Å². The fraction of sp³-hybridized carbons (Fsp3) is 0.105. The molecule has 1 heterocycles. The third kappa shape index (κ3) is 4.75. The smallest absolute Gasteiger partial charge is 0.287 e. The highest BCUT2D eigenvalue weighted by Crippen LogP contribution is 2.19. The maximum atomic E-state index is 12.9. The van der Waals surface area contributed by atoms with E-state index in [1.54, 1.807) is 18.3 Å². The topological polar surface area (TPSA) is 64.0 Å². The monoisotopic (exact) mass is 403 g/mol. The molecule has 0 saturated carbocycles. The van der Waals surface area contributed by atoms with Crippen LogP contribution in [-0.4, -0.2) is 21.2 Å². The van der Waals surface area contributed by atoms with Gasteiger partial charge >= 0.3 is 0 Å². The van der Waals surface area contributed by atoms with Crippen LogP contribution in [0, 0.1) is 12.7 Å². The standard InChI is InChI=1S/C19H15ClFN3O2S/c1-12-2-7-15(10-16(12)20)24-9-8-22-18(19(24)26)27-11-17(25)23-14-5-3-13(21)4-6-14/h2-10H,11H2,1H3,(H,23,25). The van der Waals surface area contributed by atoms with Crippen LogP contribution >= 0.6 is 23.4 Å². The van der Waals surface area contributed by atoms with Crippen LogP contribution in [0.2, 0.25) is 5.02 Å². The molecule has 1 amide bonds. The number of carbonyl (C=O) groups is 1. The van der Waals surface area contributed by atoms with Crippen LogP contribution < -0.4 is 10.9 Å². The Labute approximate surface area is 164 Å². The van der Waals surface area contributed by atoms with Crippen molar-refractivity contribution in [2.24, 2.45) is 0 Å². The van der Waals surface area contributed by atoms with Crippen molar-refractivity contribution < 1.29 is 9.18 Å². The summed E-state index contributed by atoms with van der Waals surface area (Å²) in [5.41, 5.74) is 1.68. The maximum Gasteiger partial charge on any atom is 0.287 e. The zero-order valence-corrected chi connectivity index (χ0v) is 15.9. The molecule has 0 aliphatic heterocycles. The van der Waals surface area contributed by atoms with Gasteiger partial charge in [0, 0.05) is 23.1 Å². The number of nitrogens with one attached hydrogen (secondary N) is 1. The van der Waals surface area contributed by atoms with Gasteiger partial charge in [-0.2, -0.15) is 0 Å². The van der Waals surface area contributed by atoms with Crippen molar-refractivity contribution >= 4 is 35.0 Å². The first-order valence-electron chi connectivity index (χ1n) is 7.96. The minimum atomic E-state index is -0.382. The lowest BCUT2D eigenvalue weighted by molar-refractivity contribution is -0.113. The number of carbonyl (C=O) groups excluding carboxylic acids is 1. The van der Waals surface area contributed by atoms with Crippen LogP contribution in [0.4, 0.5) is 10.1 Å². The molecule has 5 nitrogen and oxygen atoms in total. The van der Waals surface area contributed by atoms with Crippen molar-refractivity contribution in [3.8, 4) is 5.69 Å². The molecule has 0 unspecified atom stereocenters. The second kappa shape index (κ2) is 8.37. The van der Waals surface area contributed by atoms with Crippen LogP contribution in [0.1, 0.15) is 5.56 Å². The second-order valence-corrected chi connectivity index (χ2v) is 7.06. The minimum absolute atomic E-state index is 0.00170. The predicted molar refractivity (Wildman–Crippen MR) is 105 cm³/mol. The van der Waals surface area contributed by atoms with Gasteiger partial charge in [-0.25, -0.2) is 9.37 Å². The highest BCUT2D eigenvalue weighted by molar-refractivity contribution is 7.99. The molecule has 138 valence electrons. The van der Waals surface area contributed by atoms with Crippen LogP contribution in [0.3, 0.4) is 0 Å². The number of benzene rings is 2. The Morgan fingerprint density at radius 3 is 2.70 bits per heavy atom. The van der Waals surface area contributed by atoms with Crippen molar-refractivity contribution in [3.63, 3.8) is 0 Å². The Morgan fingerprint density at radius 1 is 1.26 bits per heavy atom. The summed E-state index contributed by atoms with van der Waals surface area (Å²) < 4.78 is 14.3. The molecule has 0 saturated heterocycles. The molecule has 0 spiro atoms. The Kier molecular flexibility index (Phi) is 5.93. The van der Waals surface area contributed by atoms with Gasteiger partial charge in [-0.3, -0.25) is 14.2 Å². The first kappa shape index (κ1) is 19.1. The molecule has 1 aromatic heterocycles. The average Bonchev–Trinajstić information content (AvgIpc) is 2.65. The lowest BCUT2D eigenvalue weighted by Gasteiger charge is -2.09. The van der Waals surface area contributed by atoms with E-state index in [4.69, 9.17) is 11.6 Å². The van der Waals surface area contributed by atoms with Crippen molar-refractivity contribution in [3.05, 3.63) is 81.6 Å². The molecular formula is C19H15ClFN3O2S. The molecule has 0 bridgehead atoms. The Balaban J connectivity index is 1.72. The Hall–Kier alpha value is -2.64. The highest BCUT2D eigenvalue weighted by Gasteiger charge is 2.11. The van der Waals surface area contributed by atoms with E-state index in [2.05, 4.69) is 10.3 Å². The van der Waals surface area contributed by atoms with Crippen LogP contribution in [0.25, 0.3) is 5.69 Å². The van der Waals surface area contributed by atoms with Gasteiger partial charge < -0.3 is 5.32 Å². The third-order valence-electron chi connectivity index (χ3n) is 3.71. The highest BCUT2D eigenvalue weighted by atomic mass is 35.5. The summed E-state index contributed by atoms with van der Waals surface area (Å²) >= 11 is 7.16. The summed E-state index contributed by atoms with van der Waals surface area (Å²) in [4.78, 5) is 28.7. The molecular weight excluding hydrogens is 389 g/mol. The van der Waals surface area contributed by atoms with Gasteiger partial charge in [0.2, 0.25) is 5.91 Å². The molecule has 0 fully saturated rings. The number of aryl methyl sites for hydroxylation is 1. The average molecular weight is 404 g/mol. The number of aromatic nitrogens is 2. The van der Waals surface area contributed by atoms with Gasteiger partial charge in [0.1, 0.15) is 5.82 Å². The fourth-order valence-corrected chi connectivity index (χ4v) is 3.16. The summed E-state index contributed by atoms with van der Waals surface area (Å²) in [5.74, 6) is -0.702. The molecule has 0 radical (unpaired) electrons. The molecule has 3 rings (SSSR count). The molecule has 27 heavy (non-hydrogen) atoms. The predicted octanol–water partition coefficient (Wildman–Crippen LogP) is 4.06. The summed E-state index contributed by atoms with van der Waals surface area (Å²) in [6, 6.07) is 10.8. The summed E-state index contributed by atoms with van der Waals surface area (Å²) in [7, 11) is 0. The SMILES string of the molecule is Cc1ccc(-n2ccnc(SCC(=O)Nc3ccc(F)cc3)c2=O)cc1Cl. The van der Waals surface area contributed by atoms with Gasteiger partial charge in [-0.15, -0.1) is 0 Å². The fourth-order valence-electron chi connectivity index (χ4n) is 2.29. The van der Waals surface area contributed by atoms with E-state index in [0.29, 0.717) is 16.4 Å². The van der Waals surface area contributed by atoms with Crippen molar-refractivity contribution in [1.29, 1.82) is 0 Å². The molecule has 0 aliphatic rings.